The van der Waals surface area contributed by atoms with Crippen LogP contribution in [0.15, 0.2) is 18.2 Å². The van der Waals surface area contributed by atoms with Gasteiger partial charge in [-0.05, 0) is 37.9 Å². The predicted octanol–water partition coefficient (Wildman–Crippen LogP) is 3.17. The summed E-state index contributed by atoms with van der Waals surface area (Å²) in [5.41, 5.74) is -1.46. The molecule has 1 aliphatic rings. The Morgan fingerprint density at radius 2 is 2.00 bits per heavy atom. The maximum Gasteiger partial charge on any atom is 0.416 e. The Labute approximate surface area is 119 Å². The van der Waals surface area contributed by atoms with Crippen LogP contribution < -0.4 is 10.6 Å². The molecule has 0 heterocycles. The zero-order valence-corrected chi connectivity index (χ0v) is 11.2. The van der Waals surface area contributed by atoms with E-state index >= 15 is 0 Å². The first-order chi connectivity index (χ1) is 9.88. The molecule has 0 amide bonds. The first kappa shape index (κ1) is 15.6. The molecule has 0 spiro atoms. The number of alkyl halides is 3. The first-order valence-corrected chi connectivity index (χ1v) is 6.71. The van der Waals surface area contributed by atoms with Crippen LogP contribution in [0.2, 0.25) is 0 Å². The fraction of sp³-hybridized carbons (Fsp3) is 0.538. The van der Waals surface area contributed by atoms with Gasteiger partial charge in [-0.2, -0.15) is 13.2 Å². The van der Waals surface area contributed by atoms with E-state index in [0.29, 0.717) is 18.7 Å². The number of nitrogens with one attached hydrogen (secondary N) is 2. The molecule has 1 aromatic rings. The number of nitro groups is 1. The Hall–Kier alpha value is -1.83. The highest BCUT2D eigenvalue weighted by Gasteiger charge is 2.32. The summed E-state index contributed by atoms with van der Waals surface area (Å²) in [7, 11) is 0. The van der Waals surface area contributed by atoms with Crippen molar-refractivity contribution in [2.24, 2.45) is 0 Å². The number of nitrogens with zero attached hydrogens (tertiary/aromatic N) is 1. The fourth-order valence-electron chi connectivity index (χ4n) is 1.91. The Bertz CT molecular complexity index is 516. The lowest BCUT2D eigenvalue weighted by Gasteiger charge is -2.10. The molecule has 2 N–H and O–H groups in total. The molecule has 1 aromatic carbocycles. The highest BCUT2D eigenvalue weighted by Crippen LogP contribution is 2.34. The van der Waals surface area contributed by atoms with Crippen molar-refractivity contribution in [3.05, 3.63) is 33.9 Å². The van der Waals surface area contributed by atoms with Crippen LogP contribution in [0.3, 0.4) is 0 Å². The van der Waals surface area contributed by atoms with E-state index < -0.39 is 22.4 Å². The van der Waals surface area contributed by atoms with E-state index in [0.717, 1.165) is 25.1 Å². The highest BCUT2D eigenvalue weighted by atomic mass is 19.4. The summed E-state index contributed by atoms with van der Waals surface area (Å²) in [4.78, 5) is 10.1. The van der Waals surface area contributed by atoms with Crippen molar-refractivity contribution in [1.82, 2.24) is 5.32 Å². The van der Waals surface area contributed by atoms with Crippen LogP contribution in [0, 0.1) is 10.1 Å². The van der Waals surface area contributed by atoms with E-state index in [2.05, 4.69) is 10.6 Å². The van der Waals surface area contributed by atoms with Gasteiger partial charge in [0.25, 0.3) is 5.69 Å². The van der Waals surface area contributed by atoms with E-state index in [1.807, 2.05) is 0 Å². The zero-order valence-electron chi connectivity index (χ0n) is 11.2. The summed E-state index contributed by atoms with van der Waals surface area (Å²) >= 11 is 0. The van der Waals surface area contributed by atoms with E-state index in [9.17, 15) is 23.3 Å². The molecule has 0 aliphatic heterocycles. The van der Waals surface area contributed by atoms with Crippen LogP contribution >= 0.6 is 0 Å². The third-order valence-corrected chi connectivity index (χ3v) is 3.20. The Morgan fingerprint density at radius 3 is 2.57 bits per heavy atom. The number of hydrogen-bond acceptors (Lipinski definition) is 4. The molecular weight excluding hydrogens is 287 g/mol. The van der Waals surface area contributed by atoms with Crippen molar-refractivity contribution in [1.29, 1.82) is 0 Å². The minimum Gasteiger partial charge on any atom is -0.379 e. The minimum atomic E-state index is -4.59. The predicted molar refractivity (Wildman–Crippen MR) is 72.2 cm³/mol. The van der Waals surface area contributed by atoms with Crippen molar-refractivity contribution in [3.8, 4) is 0 Å². The molecule has 0 saturated heterocycles. The van der Waals surface area contributed by atoms with Crippen molar-refractivity contribution in [2.45, 2.75) is 31.5 Å². The van der Waals surface area contributed by atoms with Gasteiger partial charge in [0.1, 0.15) is 5.69 Å². The zero-order chi connectivity index (χ0) is 15.5. The van der Waals surface area contributed by atoms with Gasteiger partial charge in [-0.3, -0.25) is 10.1 Å². The second-order valence-electron chi connectivity index (χ2n) is 5.00. The highest BCUT2D eigenvalue weighted by molar-refractivity contribution is 5.62. The molecule has 8 heteroatoms. The standard InChI is InChI=1S/C13H16F3N3O2/c14-13(15,16)9-2-5-11(12(8-9)19(20)21)18-7-1-6-17-10-3-4-10/h2,5,8,10,17-18H,1,3-4,6-7H2. The molecule has 0 radical (unpaired) electrons. The monoisotopic (exact) mass is 303 g/mol. The maximum absolute atomic E-state index is 12.5. The molecule has 0 bridgehead atoms. The lowest BCUT2D eigenvalue weighted by atomic mass is 10.1. The number of rotatable bonds is 7. The largest absolute Gasteiger partial charge is 0.416 e. The Morgan fingerprint density at radius 1 is 1.29 bits per heavy atom. The van der Waals surface area contributed by atoms with Crippen LogP contribution in [-0.2, 0) is 6.18 Å². The van der Waals surface area contributed by atoms with Gasteiger partial charge in [-0.15, -0.1) is 0 Å². The second kappa shape index (κ2) is 6.30. The average Bonchev–Trinajstić information content (AvgIpc) is 3.21. The van der Waals surface area contributed by atoms with Gasteiger partial charge in [-0.25, -0.2) is 0 Å². The third kappa shape index (κ3) is 4.59. The number of halogens is 3. The number of hydrogen-bond donors (Lipinski definition) is 2. The van der Waals surface area contributed by atoms with E-state index in [1.54, 1.807) is 0 Å². The molecule has 0 unspecified atom stereocenters. The second-order valence-corrected chi connectivity index (χ2v) is 5.00. The van der Waals surface area contributed by atoms with E-state index in [1.165, 1.54) is 12.8 Å². The maximum atomic E-state index is 12.5. The van der Waals surface area contributed by atoms with Crippen LogP contribution in [0.5, 0.6) is 0 Å². The van der Waals surface area contributed by atoms with Gasteiger partial charge in [0, 0.05) is 18.7 Å². The van der Waals surface area contributed by atoms with Crippen molar-refractivity contribution in [3.63, 3.8) is 0 Å². The molecule has 0 atom stereocenters. The molecule has 2 rings (SSSR count). The third-order valence-electron chi connectivity index (χ3n) is 3.20. The molecule has 5 nitrogen and oxygen atoms in total. The van der Waals surface area contributed by atoms with E-state index in [-0.39, 0.29) is 5.69 Å². The Balaban J connectivity index is 1.95. The molecule has 1 saturated carbocycles. The quantitative estimate of drug-likeness (QED) is 0.461. The lowest BCUT2D eigenvalue weighted by molar-refractivity contribution is -0.384. The van der Waals surface area contributed by atoms with E-state index in [4.69, 9.17) is 0 Å². The summed E-state index contributed by atoms with van der Waals surface area (Å²) in [6.45, 7) is 1.25. The first-order valence-electron chi connectivity index (χ1n) is 6.71. The van der Waals surface area contributed by atoms with Gasteiger partial charge in [-0.1, -0.05) is 0 Å². The summed E-state index contributed by atoms with van der Waals surface area (Å²) in [5, 5.41) is 17.0. The molecular formula is C13H16F3N3O2. The van der Waals surface area contributed by atoms with Crippen molar-refractivity contribution >= 4 is 11.4 Å². The normalized spacial score (nSPS) is 15.0. The fourth-order valence-corrected chi connectivity index (χ4v) is 1.91. The van der Waals surface area contributed by atoms with Gasteiger partial charge < -0.3 is 10.6 Å². The topological polar surface area (TPSA) is 67.2 Å². The molecule has 116 valence electrons. The van der Waals surface area contributed by atoms with Crippen molar-refractivity contribution < 1.29 is 18.1 Å². The smallest absolute Gasteiger partial charge is 0.379 e. The van der Waals surface area contributed by atoms with Crippen LogP contribution in [0.25, 0.3) is 0 Å². The van der Waals surface area contributed by atoms with Gasteiger partial charge >= 0.3 is 6.18 Å². The number of benzene rings is 1. The number of nitro benzene ring substituents is 1. The SMILES string of the molecule is O=[N+]([O-])c1cc(C(F)(F)F)ccc1NCCCNC1CC1. The Kier molecular flexibility index (Phi) is 4.66. The molecule has 1 aliphatic carbocycles. The summed E-state index contributed by atoms with van der Waals surface area (Å²) in [5.74, 6) is 0. The number of anilines is 1. The summed E-state index contributed by atoms with van der Waals surface area (Å²) < 4.78 is 37.6. The van der Waals surface area contributed by atoms with Crippen LogP contribution in [0.1, 0.15) is 24.8 Å². The van der Waals surface area contributed by atoms with Crippen molar-refractivity contribution in [2.75, 3.05) is 18.4 Å². The summed E-state index contributed by atoms with van der Waals surface area (Å²) in [6, 6.07) is 3.10. The van der Waals surface area contributed by atoms with Crippen LogP contribution in [0.4, 0.5) is 24.5 Å². The lowest BCUT2D eigenvalue weighted by Crippen LogP contribution is -2.20. The minimum absolute atomic E-state index is 0.111. The average molecular weight is 303 g/mol. The molecule has 21 heavy (non-hydrogen) atoms. The molecule has 0 aromatic heterocycles. The van der Waals surface area contributed by atoms with Gasteiger partial charge in [0.05, 0.1) is 10.5 Å². The summed E-state index contributed by atoms with van der Waals surface area (Å²) in [6.07, 6.45) is -1.48. The van der Waals surface area contributed by atoms with Gasteiger partial charge in [0.2, 0.25) is 0 Å². The van der Waals surface area contributed by atoms with Crippen LogP contribution in [-0.4, -0.2) is 24.1 Å². The molecule has 1 fully saturated rings. The van der Waals surface area contributed by atoms with Gasteiger partial charge in [0.15, 0.2) is 0 Å².